The van der Waals surface area contributed by atoms with E-state index >= 15 is 0 Å². The van der Waals surface area contributed by atoms with E-state index in [1.54, 1.807) is 24.3 Å². The van der Waals surface area contributed by atoms with Crippen LogP contribution in [-0.4, -0.2) is 29.8 Å². The second-order valence-corrected chi connectivity index (χ2v) is 6.75. The first-order chi connectivity index (χ1) is 12.6. The van der Waals surface area contributed by atoms with Gasteiger partial charge < -0.3 is 11.1 Å². The molecule has 0 unspecified atom stereocenters. The second kappa shape index (κ2) is 8.63. The molecule has 2 aromatic carbocycles. The van der Waals surface area contributed by atoms with Crippen molar-refractivity contribution in [1.82, 2.24) is 10.2 Å². The first-order valence-electron chi connectivity index (χ1n) is 9.10. The van der Waals surface area contributed by atoms with Gasteiger partial charge >= 0.3 is 0 Å². The topological polar surface area (TPSA) is 75.4 Å². The van der Waals surface area contributed by atoms with Gasteiger partial charge in [-0.1, -0.05) is 48.9 Å². The number of carbonyl (C=O) groups is 2. The molecule has 0 bridgehead atoms. The number of likely N-dealkylation sites (tertiary alicyclic amines) is 1. The Morgan fingerprint density at radius 1 is 0.962 bits per heavy atom. The highest BCUT2D eigenvalue weighted by Gasteiger charge is 2.20. The molecule has 2 aromatic rings. The Labute approximate surface area is 154 Å². The molecule has 5 nitrogen and oxygen atoms in total. The Morgan fingerprint density at radius 2 is 1.62 bits per heavy atom. The number of hydrogen-bond acceptors (Lipinski definition) is 3. The number of benzene rings is 2. The van der Waals surface area contributed by atoms with E-state index in [0.29, 0.717) is 11.1 Å². The molecular weight excluding hydrogens is 326 g/mol. The molecule has 2 amide bonds. The van der Waals surface area contributed by atoms with Crippen molar-refractivity contribution in [1.29, 1.82) is 0 Å². The number of primary amides is 1. The summed E-state index contributed by atoms with van der Waals surface area (Å²) in [7, 11) is 0. The van der Waals surface area contributed by atoms with Crippen molar-refractivity contribution in [3.8, 4) is 0 Å². The Balaban J connectivity index is 1.64. The molecule has 5 heteroatoms. The Morgan fingerprint density at radius 3 is 2.23 bits per heavy atom. The summed E-state index contributed by atoms with van der Waals surface area (Å²) in [4.78, 5) is 26.7. The van der Waals surface area contributed by atoms with Gasteiger partial charge in [0, 0.05) is 12.1 Å². The summed E-state index contributed by atoms with van der Waals surface area (Å²) in [6.07, 6.45) is 3.83. The van der Waals surface area contributed by atoms with Gasteiger partial charge in [0.2, 0.25) is 5.91 Å². The number of carbonyl (C=O) groups excluding carboxylic acids is 2. The number of piperidine rings is 1. The smallest absolute Gasteiger partial charge is 0.252 e. The molecule has 0 aliphatic carbocycles. The van der Waals surface area contributed by atoms with Crippen LogP contribution in [0, 0.1) is 0 Å². The van der Waals surface area contributed by atoms with Crippen LogP contribution in [0.25, 0.3) is 0 Å². The molecule has 0 radical (unpaired) electrons. The zero-order chi connectivity index (χ0) is 18.4. The molecule has 1 aliphatic rings. The lowest BCUT2D eigenvalue weighted by Gasteiger charge is -2.26. The normalized spacial score (nSPS) is 16.0. The SMILES string of the molecule is NC(=O)[C@H](NC(=O)c1ccc(CN2CCCCC2)cc1)c1ccccc1. The maximum absolute atomic E-state index is 12.5. The lowest BCUT2D eigenvalue weighted by molar-refractivity contribution is -0.120. The predicted molar refractivity (Wildman–Crippen MR) is 101 cm³/mol. The van der Waals surface area contributed by atoms with E-state index in [2.05, 4.69) is 10.2 Å². The van der Waals surface area contributed by atoms with E-state index in [0.717, 1.165) is 19.6 Å². The van der Waals surface area contributed by atoms with E-state index in [-0.39, 0.29) is 5.91 Å². The van der Waals surface area contributed by atoms with Crippen LogP contribution >= 0.6 is 0 Å². The van der Waals surface area contributed by atoms with Gasteiger partial charge in [-0.3, -0.25) is 14.5 Å². The molecule has 0 spiro atoms. The molecule has 1 fully saturated rings. The molecule has 0 aromatic heterocycles. The first-order valence-corrected chi connectivity index (χ1v) is 9.10. The minimum atomic E-state index is -0.836. The van der Waals surface area contributed by atoms with Crippen LogP contribution in [0.15, 0.2) is 54.6 Å². The van der Waals surface area contributed by atoms with Crippen LogP contribution in [0.5, 0.6) is 0 Å². The molecule has 26 heavy (non-hydrogen) atoms. The molecule has 3 rings (SSSR count). The minimum Gasteiger partial charge on any atom is -0.368 e. The predicted octanol–water partition coefficient (Wildman–Crippen LogP) is 2.63. The van der Waals surface area contributed by atoms with E-state index in [1.165, 1.54) is 24.8 Å². The molecule has 1 aliphatic heterocycles. The van der Waals surface area contributed by atoms with Crippen molar-refractivity contribution in [2.45, 2.75) is 31.8 Å². The lowest BCUT2D eigenvalue weighted by atomic mass is 10.0. The maximum Gasteiger partial charge on any atom is 0.252 e. The highest BCUT2D eigenvalue weighted by Crippen LogP contribution is 2.15. The number of hydrogen-bond donors (Lipinski definition) is 2. The second-order valence-electron chi connectivity index (χ2n) is 6.75. The van der Waals surface area contributed by atoms with Gasteiger partial charge in [-0.05, 0) is 49.2 Å². The summed E-state index contributed by atoms with van der Waals surface area (Å²) in [5, 5.41) is 2.73. The fourth-order valence-corrected chi connectivity index (χ4v) is 3.32. The van der Waals surface area contributed by atoms with Crippen LogP contribution in [0.3, 0.4) is 0 Å². The van der Waals surface area contributed by atoms with Gasteiger partial charge in [0.25, 0.3) is 5.91 Å². The molecule has 1 saturated heterocycles. The number of amides is 2. The maximum atomic E-state index is 12.5. The van der Waals surface area contributed by atoms with E-state index < -0.39 is 11.9 Å². The number of nitrogens with one attached hydrogen (secondary N) is 1. The van der Waals surface area contributed by atoms with Crippen LogP contribution in [0.4, 0.5) is 0 Å². The van der Waals surface area contributed by atoms with Gasteiger partial charge in [-0.15, -0.1) is 0 Å². The van der Waals surface area contributed by atoms with Gasteiger partial charge in [-0.25, -0.2) is 0 Å². The van der Waals surface area contributed by atoms with Crippen molar-refractivity contribution in [3.63, 3.8) is 0 Å². The number of nitrogens with two attached hydrogens (primary N) is 1. The lowest BCUT2D eigenvalue weighted by Crippen LogP contribution is -2.37. The third-order valence-electron chi connectivity index (χ3n) is 4.76. The molecule has 3 N–H and O–H groups in total. The van der Waals surface area contributed by atoms with Crippen LogP contribution in [-0.2, 0) is 11.3 Å². The largest absolute Gasteiger partial charge is 0.368 e. The molecular formula is C21H25N3O2. The molecule has 136 valence electrons. The van der Waals surface area contributed by atoms with Crippen molar-refractivity contribution in [3.05, 3.63) is 71.3 Å². The summed E-state index contributed by atoms with van der Waals surface area (Å²) >= 11 is 0. The molecule has 0 saturated carbocycles. The Kier molecular flexibility index (Phi) is 6.02. The first kappa shape index (κ1) is 18.1. The van der Waals surface area contributed by atoms with Crippen molar-refractivity contribution in [2.24, 2.45) is 5.73 Å². The van der Waals surface area contributed by atoms with Crippen LogP contribution in [0.2, 0.25) is 0 Å². The molecule has 1 atom stereocenters. The Hall–Kier alpha value is -2.66. The third kappa shape index (κ3) is 4.70. The fraction of sp³-hybridized carbons (Fsp3) is 0.333. The van der Waals surface area contributed by atoms with E-state index in [9.17, 15) is 9.59 Å². The van der Waals surface area contributed by atoms with Crippen molar-refractivity contribution in [2.75, 3.05) is 13.1 Å². The van der Waals surface area contributed by atoms with Gasteiger partial charge in [0.1, 0.15) is 6.04 Å². The minimum absolute atomic E-state index is 0.304. The quantitative estimate of drug-likeness (QED) is 0.840. The van der Waals surface area contributed by atoms with Crippen LogP contribution in [0.1, 0.15) is 46.8 Å². The van der Waals surface area contributed by atoms with Gasteiger partial charge in [-0.2, -0.15) is 0 Å². The van der Waals surface area contributed by atoms with Crippen molar-refractivity contribution < 1.29 is 9.59 Å². The Bertz CT molecular complexity index is 738. The van der Waals surface area contributed by atoms with Gasteiger partial charge in [0.05, 0.1) is 0 Å². The average molecular weight is 351 g/mol. The zero-order valence-electron chi connectivity index (χ0n) is 14.9. The highest BCUT2D eigenvalue weighted by atomic mass is 16.2. The van der Waals surface area contributed by atoms with E-state index in [1.807, 2.05) is 30.3 Å². The summed E-state index contributed by atoms with van der Waals surface area (Å²) in [5.41, 5.74) is 7.86. The molecule has 1 heterocycles. The summed E-state index contributed by atoms with van der Waals surface area (Å²) in [5.74, 6) is -0.881. The van der Waals surface area contributed by atoms with Crippen LogP contribution < -0.4 is 11.1 Å². The monoisotopic (exact) mass is 351 g/mol. The standard InChI is InChI=1S/C21H25N3O2/c22-20(25)19(17-7-3-1-4-8-17)23-21(26)18-11-9-16(10-12-18)15-24-13-5-2-6-14-24/h1,3-4,7-12,19H,2,5-6,13-15H2,(H2,22,25)(H,23,26)/t19-/m1/s1. The number of nitrogens with zero attached hydrogens (tertiary/aromatic N) is 1. The fourth-order valence-electron chi connectivity index (χ4n) is 3.32. The van der Waals surface area contributed by atoms with Crippen molar-refractivity contribution >= 4 is 11.8 Å². The summed E-state index contributed by atoms with van der Waals surface area (Å²) in [6, 6.07) is 15.8. The van der Waals surface area contributed by atoms with Gasteiger partial charge in [0.15, 0.2) is 0 Å². The zero-order valence-corrected chi connectivity index (χ0v) is 14.9. The van der Waals surface area contributed by atoms with E-state index in [4.69, 9.17) is 5.73 Å². The highest BCUT2D eigenvalue weighted by molar-refractivity contribution is 5.97. The summed E-state index contributed by atoms with van der Waals surface area (Å²) in [6.45, 7) is 3.19. The number of rotatable bonds is 6. The summed E-state index contributed by atoms with van der Waals surface area (Å²) < 4.78 is 0. The average Bonchev–Trinajstić information content (AvgIpc) is 2.68. The third-order valence-corrected chi connectivity index (χ3v) is 4.76.